The third kappa shape index (κ3) is 5.27. The van der Waals surface area contributed by atoms with Crippen LogP contribution in [0.2, 0.25) is 0 Å². The Balaban J connectivity index is 1.71. The SMILES string of the molecule is O=S1(=O)C=CCC[C@H](COCc2ccccc2)N1Cc1ccc(Br)cc1. The topological polar surface area (TPSA) is 46.6 Å². The van der Waals surface area contributed by atoms with Gasteiger partial charge < -0.3 is 4.74 Å². The van der Waals surface area contributed by atoms with Crippen molar-refractivity contribution in [3.8, 4) is 0 Å². The Morgan fingerprint density at radius 2 is 1.77 bits per heavy atom. The fraction of sp³-hybridized carbons (Fsp3) is 0.300. The average Bonchev–Trinajstić information content (AvgIpc) is 2.77. The van der Waals surface area contributed by atoms with Crippen LogP contribution in [0, 0.1) is 0 Å². The number of rotatable bonds is 6. The second-order valence-electron chi connectivity index (χ2n) is 6.32. The van der Waals surface area contributed by atoms with Crippen molar-refractivity contribution in [2.45, 2.75) is 32.0 Å². The third-order valence-corrected chi connectivity index (χ3v) is 6.49. The van der Waals surface area contributed by atoms with E-state index < -0.39 is 10.0 Å². The van der Waals surface area contributed by atoms with Crippen LogP contribution in [0.1, 0.15) is 24.0 Å². The molecule has 1 aliphatic rings. The number of hydrogen-bond acceptors (Lipinski definition) is 3. The maximum atomic E-state index is 12.7. The van der Waals surface area contributed by atoms with Crippen molar-refractivity contribution >= 4 is 26.0 Å². The van der Waals surface area contributed by atoms with E-state index in [1.54, 1.807) is 10.4 Å². The predicted molar refractivity (Wildman–Crippen MR) is 107 cm³/mol. The first kappa shape index (κ1) is 19.3. The van der Waals surface area contributed by atoms with Gasteiger partial charge >= 0.3 is 0 Å². The first-order chi connectivity index (χ1) is 12.5. The number of hydrogen-bond donors (Lipinski definition) is 0. The molecule has 0 aliphatic carbocycles. The minimum atomic E-state index is -3.45. The summed E-state index contributed by atoms with van der Waals surface area (Å²) in [7, 11) is -3.45. The fourth-order valence-electron chi connectivity index (χ4n) is 2.95. The van der Waals surface area contributed by atoms with E-state index in [1.807, 2.05) is 54.6 Å². The summed E-state index contributed by atoms with van der Waals surface area (Å²) < 4.78 is 33.8. The van der Waals surface area contributed by atoms with E-state index in [1.165, 1.54) is 5.41 Å². The van der Waals surface area contributed by atoms with Gasteiger partial charge in [-0.2, -0.15) is 4.31 Å². The van der Waals surface area contributed by atoms with E-state index >= 15 is 0 Å². The highest BCUT2D eigenvalue weighted by molar-refractivity contribution is 9.10. The molecule has 2 aromatic rings. The molecule has 0 unspecified atom stereocenters. The van der Waals surface area contributed by atoms with E-state index in [-0.39, 0.29) is 6.04 Å². The van der Waals surface area contributed by atoms with Crippen molar-refractivity contribution in [1.29, 1.82) is 0 Å². The molecule has 1 atom stereocenters. The van der Waals surface area contributed by atoms with Crippen molar-refractivity contribution in [2.24, 2.45) is 0 Å². The molecule has 0 N–H and O–H groups in total. The Bertz CT molecular complexity index is 835. The van der Waals surface area contributed by atoms with Gasteiger partial charge in [-0.05, 0) is 36.1 Å². The lowest BCUT2D eigenvalue weighted by Crippen LogP contribution is -2.40. The molecule has 0 spiro atoms. The van der Waals surface area contributed by atoms with Crippen molar-refractivity contribution in [2.75, 3.05) is 6.61 Å². The lowest BCUT2D eigenvalue weighted by atomic mass is 10.1. The maximum Gasteiger partial charge on any atom is 0.236 e. The van der Waals surface area contributed by atoms with Gasteiger partial charge in [0.15, 0.2) is 0 Å². The van der Waals surface area contributed by atoms with Crippen molar-refractivity contribution in [3.63, 3.8) is 0 Å². The summed E-state index contributed by atoms with van der Waals surface area (Å²) in [6.07, 6.45) is 3.22. The van der Waals surface area contributed by atoms with Crippen molar-refractivity contribution in [1.82, 2.24) is 4.31 Å². The molecule has 0 radical (unpaired) electrons. The molecular weight excluding hydrogens is 414 g/mol. The highest BCUT2D eigenvalue weighted by atomic mass is 79.9. The van der Waals surface area contributed by atoms with Gasteiger partial charge in [-0.25, -0.2) is 8.42 Å². The van der Waals surface area contributed by atoms with Crippen LogP contribution in [0.3, 0.4) is 0 Å². The molecular formula is C20H22BrNO3S. The summed E-state index contributed by atoms with van der Waals surface area (Å²) in [6, 6.07) is 17.5. The molecule has 0 amide bonds. The number of benzene rings is 2. The second-order valence-corrected chi connectivity index (χ2v) is 9.01. The Kier molecular flexibility index (Phi) is 6.64. The van der Waals surface area contributed by atoms with Crippen LogP contribution in [0.4, 0.5) is 0 Å². The van der Waals surface area contributed by atoms with Crippen molar-refractivity contribution in [3.05, 3.63) is 81.7 Å². The van der Waals surface area contributed by atoms with Crippen LogP contribution >= 0.6 is 15.9 Å². The molecule has 4 nitrogen and oxygen atoms in total. The van der Waals surface area contributed by atoms with Crippen LogP contribution in [-0.2, 0) is 27.9 Å². The van der Waals surface area contributed by atoms with Gasteiger partial charge in [-0.3, -0.25) is 0 Å². The number of sulfonamides is 1. The molecule has 3 rings (SSSR count). The Morgan fingerprint density at radius 1 is 1.04 bits per heavy atom. The van der Waals surface area contributed by atoms with Crippen LogP contribution in [0.5, 0.6) is 0 Å². The van der Waals surface area contributed by atoms with Crippen LogP contribution in [-0.4, -0.2) is 25.4 Å². The molecule has 0 fully saturated rings. The molecule has 6 heteroatoms. The smallest absolute Gasteiger partial charge is 0.236 e. The molecule has 0 saturated heterocycles. The zero-order valence-electron chi connectivity index (χ0n) is 14.4. The first-order valence-corrected chi connectivity index (χ1v) is 10.9. The lowest BCUT2D eigenvalue weighted by molar-refractivity contribution is 0.0734. The summed E-state index contributed by atoms with van der Waals surface area (Å²) in [5.74, 6) is 0. The molecule has 138 valence electrons. The Labute approximate surface area is 163 Å². The zero-order chi connectivity index (χ0) is 18.4. The Hall–Kier alpha value is -1.47. The van der Waals surface area contributed by atoms with E-state index in [4.69, 9.17) is 4.74 Å². The molecule has 26 heavy (non-hydrogen) atoms. The summed E-state index contributed by atoms with van der Waals surface area (Å²) in [4.78, 5) is 0. The standard InChI is InChI=1S/C20H22BrNO3S/c21-19-11-9-17(10-12-19)14-22-20(8-4-5-13-26(22,23)24)16-25-15-18-6-2-1-3-7-18/h1-3,5-7,9-13,20H,4,8,14-16H2/t20-/m1/s1. The van der Waals surface area contributed by atoms with E-state index in [2.05, 4.69) is 15.9 Å². The molecule has 0 saturated carbocycles. The van der Waals surface area contributed by atoms with E-state index in [9.17, 15) is 8.42 Å². The third-order valence-electron chi connectivity index (χ3n) is 4.34. The lowest BCUT2D eigenvalue weighted by Gasteiger charge is -2.28. The average molecular weight is 436 g/mol. The number of ether oxygens (including phenoxy) is 1. The molecule has 0 bridgehead atoms. The summed E-state index contributed by atoms with van der Waals surface area (Å²) in [5, 5.41) is 1.32. The maximum absolute atomic E-state index is 12.7. The highest BCUT2D eigenvalue weighted by Gasteiger charge is 2.30. The zero-order valence-corrected chi connectivity index (χ0v) is 16.8. The normalized spacial score (nSPS) is 20.0. The molecule has 1 aliphatic heterocycles. The molecule has 1 heterocycles. The minimum absolute atomic E-state index is 0.178. The summed E-state index contributed by atoms with van der Waals surface area (Å²) in [6.45, 7) is 1.21. The number of allylic oxidation sites excluding steroid dienone is 1. The van der Waals surface area contributed by atoms with Gasteiger partial charge in [-0.15, -0.1) is 0 Å². The van der Waals surface area contributed by atoms with Crippen LogP contribution in [0.15, 0.2) is 70.6 Å². The van der Waals surface area contributed by atoms with Crippen molar-refractivity contribution < 1.29 is 13.2 Å². The predicted octanol–water partition coefficient (Wildman–Crippen LogP) is 4.47. The number of halogens is 1. The van der Waals surface area contributed by atoms with Gasteiger partial charge in [0.2, 0.25) is 10.0 Å². The summed E-state index contributed by atoms with van der Waals surface area (Å²) >= 11 is 3.41. The first-order valence-electron chi connectivity index (χ1n) is 8.59. The second kappa shape index (κ2) is 8.95. The monoisotopic (exact) mass is 435 g/mol. The van der Waals surface area contributed by atoms with Crippen LogP contribution < -0.4 is 0 Å². The number of nitrogens with zero attached hydrogens (tertiary/aromatic N) is 1. The molecule has 0 aromatic heterocycles. The fourth-order valence-corrected chi connectivity index (χ4v) is 4.66. The van der Waals surface area contributed by atoms with Gasteiger partial charge in [0.05, 0.1) is 13.2 Å². The van der Waals surface area contributed by atoms with Gasteiger partial charge in [-0.1, -0.05) is 64.5 Å². The van der Waals surface area contributed by atoms with E-state index in [0.717, 1.165) is 28.4 Å². The van der Waals surface area contributed by atoms with Crippen LogP contribution in [0.25, 0.3) is 0 Å². The quantitative estimate of drug-likeness (QED) is 0.671. The summed E-state index contributed by atoms with van der Waals surface area (Å²) in [5.41, 5.74) is 2.04. The highest BCUT2D eigenvalue weighted by Crippen LogP contribution is 2.23. The van der Waals surface area contributed by atoms with Gasteiger partial charge in [0, 0.05) is 22.5 Å². The largest absolute Gasteiger partial charge is 0.375 e. The van der Waals surface area contributed by atoms with Gasteiger partial charge in [0.1, 0.15) is 0 Å². The van der Waals surface area contributed by atoms with Gasteiger partial charge in [0.25, 0.3) is 0 Å². The van der Waals surface area contributed by atoms with E-state index in [0.29, 0.717) is 19.8 Å². The Morgan fingerprint density at radius 3 is 2.50 bits per heavy atom. The minimum Gasteiger partial charge on any atom is -0.375 e. The molecule has 2 aromatic carbocycles.